The minimum Gasteiger partial charge on any atom is -0.493 e. The molecule has 1 fully saturated rings. The van der Waals surface area contributed by atoms with Gasteiger partial charge in [-0.25, -0.2) is 4.98 Å². The number of ether oxygens (including phenoxy) is 2. The van der Waals surface area contributed by atoms with Gasteiger partial charge in [0.2, 0.25) is 0 Å². The van der Waals surface area contributed by atoms with Crippen LogP contribution in [0.1, 0.15) is 0 Å². The van der Waals surface area contributed by atoms with Gasteiger partial charge in [-0.1, -0.05) is 30.3 Å². The maximum Gasteiger partial charge on any atom is 0.260 e. The zero-order valence-corrected chi connectivity index (χ0v) is 16.2. The summed E-state index contributed by atoms with van der Waals surface area (Å²) < 4.78 is 13.0. The number of hydrogen-bond donors (Lipinski definition) is 2. The first kappa shape index (κ1) is 18.6. The van der Waals surface area contributed by atoms with Crippen LogP contribution in [-0.2, 0) is 4.74 Å². The standard InChI is InChI=1S/C23H21N3O4/c27-11-23(12-29-13-23)14-30-18-8-6-16(7-9-18)19-10-26(17-4-2-1-3-5-17)21-20(19)22(28)25-15-24-21/h1-10,15,27H,11-14H2,(H,24,25,28). The zero-order chi connectivity index (χ0) is 20.6. The molecule has 0 amide bonds. The molecule has 2 N–H and O–H groups in total. The van der Waals surface area contributed by atoms with Crippen molar-refractivity contribution in [3.8, 4) is 22.6 Å². The number of aliphatic hydroxyl groups excluding tert-OH is 1. The highest BCUT2D eigenvalue weighted by Crippen LogP contribution is 2.32. The number of aliphatic hydroxyl groups is 1. The van der Waals surface area contributed by atoms with Gasteiger partial charge in [-0.3, -0.25) is 4.79 Å². The second kappa shape index (κ2) is 7.44. The van der Waals surface area contributed by atoms with Crippen molar-refractivity contribution in [3.63, 3.8) is 0 Å². The van der Waals surface area contributed by atoms with Gasteiger partial charge in [-0.15, -0.1) is 0 Å². The predicted molar refractivity (Wildman–Crippen MR) is 113 cm³/mol. The van der Waals surface area contributed by atoms with Crippen molar-refractivity contribution in [2.24, 2.45) is 5.41 Å². The summed E-state index contributed by atoms with van der Waals surface area (Å²) in [6, 6.07) is 17.4. The molecule has 0 unspecified atom stereocenters. The summed E-state index contributed by atoms with van der Waals surface area (Å²) in [4.78, 5) is 19.7. The lowest BCUT2D eigenvalue weighted by Crippen LogP contribution is -2.49. The molecule has 2 aromatic heterocycles. The second-order valence-corrected chi connectivity index (χ2v) is 7.64. The molecule has 2 aromatic carbocycles. The fourth-order valence-corrected chi connectivity index (χ4v) is 3.65. The normalized spacial score (nSPS) is 15.1. The van der Waals surface area contributed by atoms with Gasteiger partial charge >= 0.3 is 0 Å². The monoisotopic (exact) mass is 403 g/mol. The van der Waals surface area contributed by atoms with E-state index >= 15 is 0 Å². The Balaban J connectivity index is 1.50. The first-order valence-electron chi connectivity index (χ1n) is 9.75. The van der Waals surface area contributed by atoms with Crippen molar-refractivity contribution in [1.82, 2.24) is 14.5 Å². The van der Waals surface area contributed by atoms with E-state index in [0.717, 1.165) is 16.8 Å². The molecule has 3 heterocycles. The van der Waals surface area contributed by atoms with E-state index in [0.29, 0.717) is 36.6 Å². The van der Waals surface area contributed by atoms with Gasteiger partial charge in [-0.2, -0.15) is 0 Å². The Labute approximate surface area is 172 Å². The minimum absolute atomic E-state index is 0.0415. The molecule has 7 nitrogen and oxygen atoms in total. The van der Waals surface area contributed by atoms with Gasteiger partial charge in [-0.05, 0) is 29.8 Å². The number of nitrogens with zero attached hydrogens (tertiary/aromatic N) is 2. The van der Waals surface area contributed by atoms with Crippen molar-refractivity contribution < 1.29 is 14.6 Å². The lowest BCUT2D eigenvalue weighted by Gasteiger charge is -2.39. The number of nitrogens with one attached hydrogen (secondary N) is 1. The molecule has 0 aliphatic carbocycles. The summed E-state index contributed by atoms with van der Waals surface area (Å²) in [6.07, 6.45) is 3.36. The fraction of sp³-hybridized carbons (Fsp3) is 0.217. The molecular weight excluding hydrogens is 382 g/mol. The quantitative estimate of drug-likeness (QED) is 0.517. The average molecular weight is 403 g/mol. The third-order valence-corrected chi connectivity index (χ3v) is 5.49. The lowest BCUT2D eigenvalue weighted by atomic mass is 9.88. The number of hydrogen-bond acceptors (Lipinski definition) is 5. The number of para-hydroxylation sites is 1. The molecule has 1 aliphatic heterocycles. The number of benzene rings is 2. The number of aromatic nitrogens is 3. The highest BCUT2D eigenvalue weighted by molar-refractivity contribution is 5.94. The van der Waals surface area contributed by atoms with Crippen LogP contribution in [0.3, 0.4) is 0 Å². The summed E-state index contributed by atoms with van der Waals surface area (Å²) in [7, 11) is 0. The highest BCUT2D eigenvalue weighted by Gasteiger charge is 2.39. The van der Waals surface area contributed by atoms with Gasteiger partial charge < -0.3 is 24.1 Å². The van der Waals surface area contributed by atoms with E-state index in [4.69, 9.17) is 9.47 Å². The Kier molecular flexibility index (Phi) is 4.61. The van der Waals surface area contributed by atoms with Crippen LogP contribution in [0.15, 0.2) is 71.9 Å². The summed E-state index contributed by atoms with van der Waals surface area (Å²) in [5.41, 5.74) is 2.75. The minimum atomic E-state index is -0.305. The van der Waals surface area contributed by atoms with E-state index in [2.05, 4.69) is 9.97 Å². The van der Waals surface area contributed by atoms with Crippen molar-refractivity contribution in [2.75, 3.05) is 26.4 Å². The number of rotatable bonds is 6. The Morgan fingerprint density at radius 2 is 1.90 bits per heavy atom. The molecule has 30 heavy (non-hydrogen) atoms. The Bertz CT molecular complexity index is 1220. The lowest BCUT2D eigenvalue weighted by molar-refractivity contribution is -0.153. The predicted octanol–water partition coefficient (Wildman–Crippen LogP) is 2.77. The molecule has 152 valence electrons. The van der Waals surface area contributed by atoms with Crippen LogP contribution >= 0.6 is 0 Å². The first-order valence-corrected chi connectivity index (χ1v) is 9.75. The van der Waals surface area contributed by atoms with E-state index < -0.39 is 0 Å². The summed E-state index contributed by atoms with van der Waals surface area (Å²) in [5, 5.41) is 10.1. The van der Waals surface area contributed by atoms with Crippen LogP contribution in [0.4, 0.5) is 0 Å². The van der Waals surface area contributed by atoms with E-state index in [1.54, 1.807) is 0 Å². The molecule has 0 spiro atoms. The molecule has 4 aromatic rings. The topological polar surface area (TPSA) is 89.4 Å². The summed E-state index contributed by atoms with van der Waals surface area (Å²) in [5.74, 6) is 0.706. The first-order chi connectivity index (χ1) is 14.7. The Hall–Kier alpha value is -3.42. The second-order valence-electron chi connectivity index (χ2n) is 7.64. The van der Waals surface area contributed by atoms with Crippen molar-refractivity contribution >= 4 is 11.0 Å². The van der Waals surface area contributed by atoms with Gasteiger partial charge in [0, 0.05) is 17.4 Å². The van der Waals surface area contributed by atoms with E-state index in [1.165, 1.54) is 6.33 Å². The molecule has 0 radical (unpaired) electrons. The Morgan fingerprint density at radius 1 is 1.13 bits per heavy atom. The van der Waals surface area contributed by atoms with Crippen LogP contribution in [-0.4, -0.2) is 46.1 Å². The molecule has 5 rings (SSSR count). The van der Waals surface area contributed by atoms with Crippen molar-refractivity contribution in [2.45, 2.75) is 0 Å². The molecule has 0 bridgehead atoms. The van der Waals surface area contributed by atoms with Gasteiger partial charge in [0.25, 0.3) is 5.56 Å². The molecular formula is C23H21N3O4. The van der Waals surface area contributed by atoms with Crippen LogP contribution < -0.4 is 10.3 Å². The summed E-state index contributed by atoms with van der Waals surface area (Å²) >= 11 is 0. The van der Waals surface area contributed by atoms with Gasteiger partial charge in [0.15, 0.2) is 5.65 Å². The fourth-order valence-electron chi connectivity index (χ4n) is 3.65. The van der Waals surface area contributed by atoms with Crippen LogP contribution in [0.5, 0.6) is 5.75 Å². The Morgan fingerprint density at radius 3 is 2.57 bits per heavy atom. The highest BCUT2D eigenvalue weighted by atomic mass is 16.5. The zero-order valence-electron chi connectivity index (χ0n) is 16.2. The summed E-state index contributed by atoms with van der Waals surface area (Å²) in [6.45, 7) is 1.46. The van der Waals surface area contributed by atoms with E-state index in [-0.39, 0.29) is 17.6 Å². The molecule has 0 atom stereocenters. The van der Waals surface area contributed by atoms with E-state index in [1.807, 2.05) is 65.4 Å². The third-order valence-electron chi connectivity index (χ3n) is 5.49. The largest absolute Gasteiger partial charge is 0.493 e. The van der Waals surface area contributed by atoms with Crippen molar-refractivity contribution in [1.29, 1.82) is 0 Å². The molecule has 1 saturated heterocycles. The number of fused-ring (bicyclic) bond motifs is 1. The SMILES string of the molecule is O=c1[nH]cnc2c1c(-c1ccc(OCC3(CO)COC3)cc1)cn2-c1ccccc1. The maximum atomic E-state index is 12.6. The third kappa shape index (κ3) is 3.18. The molecule has 1 aliphatic rings. The molecule has 0 saturated carbocycles. The number of aromatic amines is 1. The van der Waals surface area contributed by atoms with Crippen LogP contribution in [0.2, 0.25) is 0 Å². The van der Waals surface area contributed by atoms with Crippen molar-refractivity contribution in [3.05, 3.63) is 77.5 Å². The van der Waals surface area contributed by atoms with Crippen LogP contribution in [0, 0.1) is 5.41 Å². The number of H-pyrrole nitrogens is 1. The maximum absolute atomic E-state index is 12.6. The average Bonchev–Trinajstić information content (AvgIpc) is 3.15. The smallest absolute Gasteiger partial charge is 0.260 e. The van der Waals surface area contributed by atoms with Gasteiger partial charge in [0.05, 0.1) is 36.9 Å². The molecule has 7 heteroatoms. The van der Waals surface area contributed by atoms with Crippen LogP contribution in [0.25, 0.3) is 27.8 Å². The van der Waals surface area contributed by atoms with Gasteiger partial charge in [0.1, 0.15) is 12.4 Å². The van der Waals surface area contributed by atoms with E-state index in [9.17, 15) is 9.90 Å².